The summed E-state index contributed by atoms with van der Waals surface area (Å²) in [5, 5.41) is 21.9. The summed E-state index contributed by atoms with van der Waals surface area (Å²) in [4.78, 5) is 17.8. The maximum Gasteiger partial charge on any atom is 0.255 e. The van der Waals surface area contributed by atoms with Crippen LogP contribution >= 0.6 is 11.3 Å². The zero-order valence-corrected chi connectivity index (χ0v) is 20.9. The minimum Gasteiger partial charge on any atom is -0.455 e. The van der Waals surface area contributed by atoms with Gasteiger partial charge in [0.2, 0.25) is 0 Å². The Hall–Kier alpha value is -4.98. The first-order chi connectivity index (χ1) is 17.9. The summed E-state index contributed by atoms with van der Waals surface area (Å²) in [7, 11) is 0. The van der Waals surface area contributed by atoms with Crippen molar-refractivity contribution >= 4 is 33.1 Å². The summed E-state index contributed by atoms with van der Waals surface area (Å²) in [5.74, 6) is 0.841. The van der Waals surface area contributed by atoms with Crippen LogP contribution in [0, 0.1) is 36.5 Å². The monoisotopic (exact) mass is 500 g/mol. The van der Waals surface area contributed by atoms with Gasteiger partial charge in [-0.25, -0.2) is 4.98 Å². The molecular formula is C30H20N4O2S. The van der Waals surface area contributed by atoms with E-state index in [0.717, 1.165) is 26.4 Å². The third-order valence-electron chi connectivity index (χ3n) is 5.70. The van der Waals surface area contributed by atoms with Crippen LogP contribution in [-0.4, -0.2) is 10.9 Å². The highest BCUT2D eigenvalue weighted by atomic mass is 32.1. The molecule has 0 saturated carbocycles. The van der Waals surface area contributed by atoms with Gasteiger partial charge in [0.1, 0.15) is 10.8 Å². The SMILES string of the molecule is Cc1cc(C)cc(Oc2cc3sc(-c4ccc(C#N)cc4)nc3cc2NC(=O)c2ccc(C#N)cc2)c1. The highest BCUT2D eigenvalue weighted by Crippen LogP contribution is 2.39. The zero-order chi connectivity index (χ0) is 25.9. The molecule has 1 aromatic heterocycles. The minimum atomic E-state index is -0.323. The van der Waals surface area contributed by atoms with Crippen molar-refractivity contribution in [3.8, 4) is 34.2 Å². The van der Waals surface area contributed by atoms with Gasteiger partial charge in [0, 0.05) is 17.2 Å². The number of thiazole rings is 1. The number of rotatable bonds is 5. The first-order valence-electron chi connectivity index (χ1n) is 11.4. The summed E-state index contributed by atoms with van der Waals surface area (Å²) in [5.41, 5.74) is 5.73. The van der Waals surface area contributed by atoms with Crippen LogP contribution in [0.1, 0.15) is 32.6 Å². The molecule has 5 rings (SSSR count). The molecule has 0 bridgehead atoms. The Morgan fingerprint density at radius 3 is 2.11 bits per heavy atom. The van der Waals surface area contributed by atoms with Crippen LogP contribution in [0.3, 0.4) is 0 Å². The first kappa shape index (κ1) is 23.7. The van der Waals surface area contributed by atoms with E-state index in [0.29, 0.717) is 39.4 Å². The van der Waals surface area contributed by atoms with Crippen LogP contribution in [0.25, 0.3) is 20.8 Å². The molecule has 1 heterocycles. The number of hydrogen-bond donors (Lipinski definition) is 1. The minimum absolute atomic E-state index is 0.323. The number of aryl methyl sites for hydroxylation is 2. The van der Waals surface area contributed by atoms with Gasteiger partial charge in [-0.15, -0.1) is 11.3 Å². The van der Waals surface area contributed by atoms with Gasteiger partial charge in [-0.3, -0.25) is 4.79 Å². The number of anilines is 1. The Balaban J connectivity index is 1.55. The zero-order valence-electron chi connectivity index (χ0n) is 20.1. The average Bonchev–Trinajstić information content (AvgIpc) is 3.31. The molecule has 1 N–H and O–H groups in total. The molecule has 0 aliphatic carbocycles. The highest BCUT2D eigenvalue weighted by Gasteiger charge is 2.16. The van der Waals surface area contributed by atoms with Crippen LogP contribution in [0.2, 0.25) is 0 Å². The van der Waals surface area contributed by atoms with Gasteiger partial charge in [-0.2, -0.15) is 10.5 Å². The third-order valence-corrected chi connectivity index (χ3v) is 6.77. The number of nitrogens with one attached hydrogen (secondary N) is 1. The van der Waals surface area contributed by atoms with E-state index >= 15 is 0 Å². The lowest BCUT2D eigenvalue weighted by Crippen LogP contribution is -2.12. The lowest BCUT2D eigenvalue weighted by atomic mass is 10.1. The van der Waals surface area contributed by atoms with E-state index in [-0.39, 0.29) is 5.91 Å². The Morgan fingerprint density at radius 2 is 1.49 bits per heavy atom. The number of benzene rings is 4. The Labute approximate surface area is 218 Å². The van der Waals surface area contributed by atoms with Crippen molar-refractivity contribution in [2.24, 2.45) is 0 Å². The maximum absolute atomic E-state index is 13.1. The number of fused-ring (bicyclic) bond motifs is 1. The lowest BCUT2D eigenvalue weighted by molar-refractivity contribution is 0.102. The number of ether oxygens (including phenoxy) is 1. The lowest BCUT2D eigenvalue weighted by Gasteiger charge is -2.14. The Bertz CT molecular complexity index is 1700. The number of hydrogen-bond acceptors (Lipinski definition) is 6. The van der Waals surface area contributed by atoms with Gasteiger partial charge in [-0.1, -0.05) is 18.2 Å². The highest BCUT2D eigenvalue weighted by molar-refractivity contribution is 7.21. The van der Waals surface area contributed by atoms with Crippen LogP contribution in [0.15, 0.2) is 78.9 Å². The van der Waals surface area contributed by atoms with Crippen LogP contribution in [0.4, 0.5) is 5.69 Å². The fraction of sp³-hybridized carbons (Fsp3) is 0.0667. The van der Waals surface area contributed by atoms with Crippen LogP contribution in [-0.2, 0) is 0 Å². The van der Waals surface area contributed by atoms with Gasteiger partial charge < -0.3 is 10.1 Å². The van der Waals surface area contributed by atoms with Crippen molar-refractivity contribution in [1.29, 1.82) is 10.5 Å². The largest absolute Gasteiger partial charge is 0.455 e. The molecular weight excluding hydrogens is 480 g/mol. The summed E-state index contributed by atoms with van der Waals surface area (Å²) in [6, 6.07) is 27.5. The quantitative estimate of drug-likeness (QED) is 0.272. The molecule has 0 aliphatic rings. The van der Waals surface area contributed by atoms with Gasteiger partial charge in [0.05, 0.1) is 39.2 Å². The topological polar surface area (TPSA) is 98.8 Å². The van der Waals surface area contributed by atoms with E-state index in [4.69, 9.17) is 20.2 Å². The number of nitriles is 2. The van der Waals surface area contributed by atoms with E-state index in [1.165, 1.54) is 11.3 Å². The van der Waals surface area contributed by atoms with Gasteiger partial charge in [0.15, 0.2) is 5.75 Å². The van der Waals surface area contributed by atoms with Crippen molar-refractivity contribution in [3.05, 3.63) is 107 Å². The number of carbonyl (C=O) groups excluding carboxylic acids is 1. The first-order valence-corrected chi connectivity index (χ1v) is 12.3. The second kappa shape index (κ2) is 9.94. The van der Waals surface area contributed by atoms with Crippen LogP contribution < -0.4 is 10.1 Å². The molecule has 4 aromatic carbocycles. The van der Waals surface area contributed by atoms with Crippen LogP contribution in [0.5, 0.6) is 11.5 Å². The van der Waals surface area contributed by atoms with Crippen molar-refractivity contribution in [2.45, 2.75) is 13.8 Å². The molecule has 5 aromatic rings. The molecule has 0 unspecified atom stereocenters. The Kier molecular flexibility index (Phi) is 6.38. The second-order valence-corrected chi connectivity index (χ2v) is 9.62. The van der Waals surface area contributed by atoms with Gasteiger partial charge in [0.25, 0.3) is 5.91 Å². The number of carbonyl (C=O) groups is 1. The Morgan fingerprint density at radius 1 is 0.865 bits per heavy atom. The third kappa shape index (κ3) is 5.18. The summed E-state index contributed by atoms with van der Waals surface area (Å²) < 4.78 is 7.18. The second-order valence-electron chi connectivity index (χ2n) is 8.59. The molecule has 0 saturated heterocycles. The molecule has 37 heavy (non-hydrogen) atoms. The molecule has 0 spiro atoms. The van der Waals surface area contributed by atoms with E-state index in [2.05, 4.69) is 23.5 Å². The van der Waals surface area contributed by atoms with Gasteiger partial charge in [-0.05, 0) is 79.6 Å². The van der Waals surface area contributed by atoms with Crippen molar-refractivity contribution in [2.75, 3.05) is 5.32 Å². The molecule has 0 radical (unpaired) electrons. The standard InChI is InChI=1S/C30H20N4O2S/c1-18-11-19(2)13-24(12-18)36-27-15-28-26(34-30(37-28)23-9-5-21(17-32)6-10-23)14-25(27)33-29(35)22-7-3-20(16-31)4-8-22/h3-15H,1-2H3,(H,33,35). The molecule has 6 nitrogen and oxygen atoms in total. The molecule has 0 atom stereocenters. The summed E-state index contributed by atoms with van der Waals surface area (Å²) in [6.45, 7) is 4.01. The fourth-order valence-corrected chi connectivity index (χ4v) is 4.94. The van der Waals surface area contributed by atoms with Crippen molar-refractivity contribution in [1.82, 2.24) is 4.98 Å². The normalized spacial score (nSPS) is 10.5. The average molecular weight is 501 g/mol. The van der Waals surface area contributed by atoms with Crippen molar-refractivity contribution in [3.63, 3.8) is 0 Å². The summed E-state index contributed by atoms with van der Waals surface area (Å²) >= 11 is 1.51. The predicted octanol–water partition coefficient (Wildman–Crippen LogP) is 7.37. The number of aromatic nitrogens is 1. The van der Waals surface area contributed by atoms with E-state index in [9.17, 15) is 4.79 Å². The molecule has 1 amide bonds. The number of amides is 1. The molecule has 7 heteroatoms. The van der Waals surface area contributed by atoms with E-state index in [1.807, 2.05) is 44.2 Å². The fourth-order valence-electron chi connectivity index (χ4n) is 3.96. The molecule has 0 fully saturated rings. The molecule has 0 aliphatic heterocycles. The number of nitrogens with zero attached hydrogens (tertiary/aromatic N) is 3. The molecule has 178 valence electrons. The summed E-state index contributed by atoms with van der Waals surface area (Å²) in [6.07, 6.45) is 0. The van der Waals surface area contributed by atoms with Gasteiger partial charge >= 0.3 is 0 Å². The van der Waals surface area contributed by atoms with E-state index < -0.39 is 0 Å². The van der Waals surface area contributed by atoms with E-state index in [1.54, 1.807) is 42.5 Å². The van der Waals surface area contributed by atoms with Crippen molar-refractivity contribution < 1.29 is 9.53 Å². The predicted molar refractivity (Wildman–Crippen MR) is 145 cm³/mol. The maximum atomic E-state index is 13.1. The smallest absolute Gasteiger partial charge is 0.255 e.